The van der Waals surface area contributed by atoms with Gasteiger partial charge in [0.25, 0.3) is 0 Å². The second-order valence-corrected chi connectivity index (χ2v) is 3.40. The maximum atomic E-state index is 10.4. The first kappa shape index (κ1) is 8.83. The van der Waals surface area contributed by atoms with Crippen molar-refractivity contribution in [3.8, 4) is 0 Å². The number of nitrogens with zero attached hydrogens (tertiary/aromatic N) is 1. The first-order valence-electron chi connectivity index (χ1n) is 2.26. The van der Waals surface area contributed by atoms with Crippen LogP contribution in [0.5, 0.6) is 0 Å². The van der Waals surface area contributed by atoms with Crippen LogP contribution < -0.4 is 4.83 Å². The van der Waals surface area contributed by atoms with Gasteiger partial charge in [-0.1, -0.05) is 0 Å². The molecule has 0 aliphatic rings. The average molecular weight is 154 g/mol. The molecule has 0 saturated heterocycles. The maximum absolute atomic E-state index is 10.4. The lowest BCUT2D eigenvalue weighted by Crippen LogP contribution is -2.37. The van der Waals surface area contributed by atoms with Crippen LogP contribution in [0.3, 0.4) is 0 Å². The Morgan fingerprint density at radius 1 is 1.56 bits per heavy atom. The Bertz CT molecular complexity index is 162. The smallest absolute Gasteiger partial charge is 0.248 e. The molecule has 0 saturated carbocycles. The van der Waals surface area contributed by atoms with Crippen molar-refractivity contribution < 1.29 is 13.5 Å². The minimum atomic E-state index is -3.49. The number of sulfonamides is 1. The molecule has 0 amide bonds. The topological polar surface area (TPSA) is 69.6 Å². The van der Waals surface area contributed by atoms with Crippen molar-refractivity contribution in [1.82, 2.24) is 9.84 Å². The van der Waals surface area contributed by atoms with Gasteiger partial charge in [-0.3, -0.25) is 0 Å². The van der Waals surface area contributed by atoms with Crippen molar-refractivity contribution in [3.63, 3.8) is 0 Å². The molecule has 0 aromatic rings. The van der Waals surface area contributed by atoms with E-state index in [-0.39, 0.29) is 0 Å². The summed E-state index contributed by atoms with van der Waals surface area (Å²) in [6.45, 7) is 0. The molecule has 0 heterocycles. The Kier molecular flexibility index (Phi) is 3.06. The fourth-order valence-electron chi connectivity index (χ4n) is 0.307. The summed E-state index contributed by atoms with van der Waals surface area (Å²) in [5.74, 6) is -0.884. The standard InChI is InChI=1S/C3H10N2O3S/c1-5(2)4-9(7,8)3-6/h4,6H,3H2,1-2H3. The zero-order valence-electron chi connectivity index (χ0n) is 5.33. The van der Waals surface area contributed by atoms with E-state index in [1.54, 1.807) is 0 Å². The van der Waals surface area contributed by atoms with Crippen LogP contribution in [0, 0.1) is 0 Å². The van der Waals surface area contributed by atoms with Crippen LogP contribution in [0.25, 0.3) is 0 Å². The molecule has 0 aliphatic heterocycles. The van der Waals surface area contributed by atoms with Gasteiger partial charge < -0.3 is 5.11 Å². The highest BCUT2D eigenvalue weighted by Crippen LogP contribution is 1.78. The molecule has 5 nitrogen and oxygen atoms in total. The second kappa shape index (κ2) is 3.11. The fourth-order valence-corrected chi connectivity index (χ4v) is 0.921. The molecule has 0 spiro atoms. The van der Waals surface area contributed by atoms with Gasteiger partial charge in [-0.25, -0.2) is 13.4 Å². The third kappa shape index (κ3) is 4.34. The van der Waals surface area contributed by atoms with E-state index in [0.29, 0.717) is 0 Å². The normalized spacial score (nSPS) is 12.4. The highest BCUT2D eigenvalue weighted by atomic mass is 32.2. The van der Waals surface area contributed by atoms with Crippen molar-refractivity contribution in [3.05, 3.63) is 0 Å². The molecule has 56 valence electrons. The lowest BCUT2D eigenvalue weighted by molar-refractivity contribution is 0.325. The summed E-state index contributed by atoms with van der Waals surface area (Å²) in [6, 6.07) is 0. The van der Waals surface area contributed by atoms with Crippen LogP contribution in [0.2, 0.25) is 0 Å². The van der Waals surface area contributed by atoms with E-state index in [1.807, 2.05) is 4.83 Å². The minimum Gasteiger partial charge on any atom is -0.379 e. The van der Waals surface area contributed by atoms with Crippen LogP contribution in [0.15, 0.2) is 0 Å². The van der Waals surface area contributed by atoms with Gasteiger partial charge in [-0.05, 0) is 0 Å². The molecular weight excluding hydrogens is 144 g/mol. The Morgan fingerprint density at radius 3 is 2.11 bits per heavy atom. The van der Waals surface area contributed by atoms with E-state index in [0.717, 1.165) is 0 Å². The number of hydrogen-bond donors (Lipinski definition) is 2. The van der Waals surface area contributed by atoms with E-state index in [2.05, 4.69) is 0 Å². The molecule has 0 bridgehead atoms. The molecule has 0 radical (unpaired) electrons. The molecule has 0 aromatic heterocycles. The summed E-state index contributed by atoms with van der Waals surface area (Å²) in [5.41, 5.74) is 0. The minimum absolute atomic E-state index is 0.884. The van der Waals surface area contributed by atoms with Gasteiger partial charge in [0.15, 0.2) is 5.94 Å². The highest BCUT2D eigenvalue weighted by molar-refractivity contribution is 7.89. The number of hydrazine groups is 1. The number of aliphatic hydroxyl groups is 1. The van der Waals surface area contributed by atoms with Gasteiger partial charge in [0.05, 0.1) is 0 Å². The Morgan fingerprint density at radius 2 is 2.00 bits per heavy atom. The lowest BCUT2D eigenvalue weighted by Gasteiger charge is -2.09. The molecule has 2 N–H and O–H groups in total. The molecule has 0 aromatic carbocycles. The van der Waals surface area contributed by atoms with Crippen LogP contribution in [0.1, 0.15) is 0 Å². The van der Waals surface area contributed by atoms with Gasteiger partial charge >= 0.3 is 0 Å². The van der Waals surface area contributed by atoms with Crippen LogP contribution in [-0.2, 0) is 10.0 Å². The molecule has 0 fully saturated rings. The summed E-state index contributed by atoms with van der Waals surface area (Å²) in [5, 5.41) is 9.41. The first-order chi connectivity index (χ1) is 3.98. The van der Waals surface area contributed by atoms with E-state index >= 15 is 0 Å². The Labute approximate surface area is 54.3 Å². The third-order valence-electron chi connectivity index (χ3n) is 0.492. The first-order valence-corrected chi connectivity index (χ1v) is 3.91. The highest BCUT2D eigenvalue weighted by Gasteiger charge is 2.06. The molecular formula is C3H10N2O3S. The summed E-state index contributed by atoms with van der Waals surface area (Å²) in [4.78, 5) is 2.02. The SMILES string of the molecule is CN(C)NS(=O)(=O)CO. The zero-order chi connectivity index (χ0) is 7.49. The van der Waals surface area contributed by atoms with Crippen LogP contribution >= 0.6 is 0 Å². The predicted molar refractivity (Wildman–Crippen MR) is 32.8 cm³/mol. The van der Waals surface area contributed by atoms with Gasteiger partial charge in [-0.2, -0.15) is 0 Å². The number of hydrogen-bond acceptors (Lipinski definition) is 4. The summed E-state index contributed by atoms with van der Waals surface area (Å²) < 4.78 is 20.8. The molecule has 0 atom stereocenters. The van der Waals surface area contributed by atoms with Crippen LogP contribution in [-0.4, -0.2) is 38.6 Å². The summed E-state index contributed by atoms with van der Waals surface area (Å²) >= 11 is 0. The molecule has 0 aliphatic carbocycles. The number of nitrogens with one attached hydrogen (secondary N) is 1. The van der Waals surface area contributed by atoms with Crippen molar-refractivity contribution in [1.29, 1.82) is 0 Å². The van der Waals surface area contributed by atoms with Crippen LogP contribution in [0.4, 0.5) is 0 Å². The zero-order valence-corrected chi connectivity index (χ0v) is 6.14. The van der Waals surface area contributed by atoms with Crippen molar-refractivity contribution in [2.75, 3.05) is 20.0 Å². The quantitative estimate of drug-likeness (QED) is 0.477. The fraction of sp³-hybridized carbons (Fsp3) is 1.00. The maximum Gasteiger partial charge on any atom is 0.248 e. The largest absolute Gasteiger partial charge is 0.379 e. The number of rotatable bonds is 3. The Hall–Kier alpha value is -0.170. The van der Waals surface area contributed by atoms with Crippen molar-refractivity contribution in [2.24, 2.45) is 0 Å². The van der Waals surface area contributed by atoms with Crippen molar-refractivity contribution in [2.45, 2.75) is 0 Å². The van der Waals surface area contributed by atoms with Crippen molar-refractivity contribution >= 4 is 10.0 Å². The summed E-state index contributed by atoms with van der Waals surface area (Å²) in [6.07, 6.45) is 0. The van der Waals surface area contributed by atoms with E-state index in [4.69, 9.17) is 5.11 Å². The molecule has 9 heavy (non-hydrogen) atoms. The molecule has 6 heteroatoms. The Balaban J connectivity index is 3.90. The second-order valence-electron chi connectivity index (χ2n) is 1.73. The third-order valence-corrected chi connectivity index (χ3v) is 1.47. The molecule has 0 unspecified atom stereocenters. The lowest BCUT2D eigenvalue weighted by atomic mass is 11.2. The van der Waals surface area contributed by atoms with E-state index in [1.165, 1.54) is 19.1 Å². The van der Waals surface area contributed by atoms with E-state index in [9.17, 15) is 8.42 Å². The number of aliphatic hydroxyl groups excluding tert-OH is 1. The molecule has 0 rings (SSSR count). The van der Waals surface area contributed by atoms with Gasteiger partial charge in [0.2, 0.25) is 10.0 Å². The van der Waals surface area contributed by atoms with Gasteiger partial charge in [-0.15, -0.1) is 4.83 Å². The van der Waals surface area contributed by atoms with Gasteiger partial charge in [0.1, 0.15) is 0 Å². The summed E-state index contributed by atoms with van der Waals surface area (Å²) in [7, 11) is -0.445. The van der Waals surface area contributed by atoms with Gasteiger partial charge in [0, 0.05) is 14.1 Å². The van der Waals surface area contributed by atoms with E-state index < -0.39 is 16.0 Å². The monoisotopic (exact) mass is 154 g/mol. The predicted octanol–water partition coefficient (Wildman–Crippen LogP) is -1.67. The average Bonchev–Trinajstić information content (AvgIpc) is 1.63.